The number of nitrogens with zero attached hydrogens (tertiary/aromatic N) is 5. The molecule has 0 aliphatic carbocycles. The van der Waals surface area contributed by atoms with E-state index in [1.54, 1.807) is 7.05 Å². The smallest absolute Gasteiger partial charge is 0.220 e. The molecule has 0 aromatic carbocycles. The molecule has 27 heavy (non-hydrogen) atoms. The Morgan fingerprint density at radius 3 is 2.74 bits per heavy atom. The quantitative estimate of drug-likeness (QED) is 0.599. The molecule has 2 aliphatic rings. The largest absolute Gasteiger partial charge is 0.359 e. The van der Waals surface area contributed by atoms with Crippen LogP contribution < -0.4 is 10.6 Å². The Labute approximate surface area is 161 Å². The topological polar surface area (TPSA) is 87.4 Å². The number of fused-ring (bicyclic) bond motifs is 1. The van der Waals surface area contributed by atoms with Crippen LogP contribution in [0.3, 0.4) is 0 Å². The molecular weight excluding hydrogens is 342 g/mol. The van der Waals surface area contributed by atoms with Gasteiger partial charge in [0.15, 0.2) is 11.8 Å². The van der Waals surface area contributed by atoms with Gasteiger partial charge in [-0.2, -0.15) is 0 Å². The zero-order valence-electron chi connectivity index (χ0n) is 16.7. The van der Waals surface area contributed by atoms with E-state index in [1.165, 1.54) is 19.3 Å². The summed E-state index contributed by atoms with van der Waals surface area (Å²) in [7, 11) is 1.71. The number of guanidine groups is 1. The predicted octanol–water partition coefficient (Wildman–Crippen LogP) is 1.32. The number of hydrogen-bond donors (Lipinski definition) is 2. The van der Waals surface area contributed by atoms with Gasteiger partial charge >= 0.3 is 0 Å². The summed E-state index contributed by atoms with van der Waals surface area (Å²) in [6.07, 6.45) is 7.37. The molecule has 3 heterocycles. The molecule has 1 fully saturated rings. The highest BCUT2D eigenvalue weighted by molar-refractivity contribution is 5.80. The van der Waals surface area contributed by atoms with Gasteiger partial charge in [-0.1, -0.05) is 6.42 Å². The van der Waals surface area contributed by atoms with Crippen LogP contribution in [0.25, 0.3) is 0 Å². The van der Waals surface area contributed by atoms with Crippen LogP contribution in [0.2, 0.25) is 0 Å². The molecule has 1 aromatic rings. The minimum absolute atomic E-state index is 0.140. The van der Waals surface area contributed by atoms with Gasteiger partial charge in [-0.15, -0.1) is 10.2 Å². The van der Waals surface area contributed by atoms with Crippen LogP contribution in [-0.2, 0) is 24.3 Å². The number of carbonyl (C=O) groups is 1. The van der Waals surface area contributed by atoms with Crippen molar-refractivity contribution in [3.63, 3.8) is 0 Å². The van der Waals surface area contributed by atoms with Crippen molar-refractivity contribution >= 4 is 11.9 Å². The molecule has 0 bridgehead atoms. The predicted molar refractivity (Wildman–Crippen MR) is 105 cm³/mol. The van der Waals surface area contributed by atoms with Gasteiger partial charge in [0.2, 0.25) is 5.91 Å². The zero-order valence-corrected chi connectivity index (χ0v) is 16.7. The molecule has 0 unspecified atom stereocenters. The second-order valence-corrected chi connectivity index (χ2v) is 7.47. The van der Waals surface area contributed by atoms with E-state index in [1.807, 2.05) is 0 Å². The van der Waals surface area contributed by atoms with Gasteiger partial charge in [-0.3, -0.25) is 4.79 Å². The highest BCUT2D eigenvalue weighted by Gasteiger charge is 2.23. The number of piperidine rings is 1. The fraction of sp³-hybridized carbons (Fsp3) is 0.789. The summed E-state index contributed by atoms with van der Waals surface area (Å²) >= 11 is 0. The number of rotatable bonds is 5. The van der Waals surface area contributed by atoms with Gasteiger partial charge in [0.1, 0.15) is 12.4 Å². The fourth-order valence-corrected chi connectivity index (χ4v) is 3.95. The number of amides is 1. The van der Waals surface area contributed by atoms with E-state index < -0.39 is 0 Å². The molecule has 2 N–H and O–H groups in total. The summed E-state index contributed by atoms with van der Waals surface area (Å²) in [4.78, 5) is 18.8. The van der Waals surface area contributed by atoms with Crippen molar-refractivity contribution in [2.75, 3.05) is 26.7 Å². The molecule has 0 radical (unpaired) electrons. The summed E-state index contributed by atoms with van der Waals surface area (Å²) in [6, 6.07) is 0. The minimum Gasteiger partial charge on any atom is -0.359 e. The lowest BCUT2D eigenvalue weighted by molar-refractivity contribution is -0.121. The Balaban J connectivity index is 1.61. The van der Waals surface area contributed by atoms with E-state index in [0.29, 0.717) is 18.9 Å². The third-order valence-electron chi connectivity index (χ3n) is 5.56. The third-order valence-corrected chi connectivity index (χ3v) is 5.56. The first-order chi connectivity index (χ1) is 13.2. The summed E-state index contributed by atoms with van der Waals surface area (Å²) in [5.74, 6) is 3.63. The number of aliphatic imine (C=N–C) groups is 1. The van der Waals surface area contributed by atoms with Crippen LogP contribution in [0, 0.1) is 5.92 Å². The van der Waals surface area contributed by atoms with Crippen LogP contribution in [0.1, 0.15) is 57.1 Å². The van der Waals surface area contributed by atoms with E-state index in [-0.39, 0.29) is 5.91 Å². The Hall–Kier alpha value is -2.12. The number of hydrogen-bond acceptors (Lipinski definition) is 4. The lowest BCUT2D eigenvalue weighted by Crippen LogP contribution is -2.46. The Kier molecular flexibility index (Phi) is 7.06. The van der Waals surface area contributed by atoms with Gasteiger partial charge in [-0.25, -0.2) is 4.99 Å². The number of aryl methyl sites for hydroxylation is 1. The zero-order chi connectivity index (χ0) is 19.1. The lowest BCUT2D eigenvalue weighted by Gasteiger charge is -2.34. The lowest BCUT2D eigenvalue weighted by atomic mass is 9.93. The summed E-state index contributed by atoms with van der Waals surface area (Å²) in [5, 5.41) is 14.9. The van der Waals surface area contributed by atoms with Crippen molar-refractivity contribution in [1.82, 2.24) is 30.3 Å². The molecule has 1 saturated heterocycles. The van der Waals surface area contributed by atoms with Crippen LogP contribution >= 0.6 is 0 Å². The van der Waals surface area contributed by atoms with Gasteiger partial charge in [0.05, 0.1) is 0 Å². The highest BCUT2D eigenvalue weighted by atomic mass is 16.1. The van der Waals surface area contributed by atoms with Crippen molar-refractivity contribution in [3.8, 4) is 0 Å². The van der Waals surface area contributed by atoms with Crippen molar-refractivity contribution in [1.29, 1.82) is 0 Å². The van der Waals surface area contributed by atoms with Gasteiger partial charge in [0, 0.05) is 46.1 Å². The average molecular weight is 376 g/mol. The van der Waals surface area contributed by atoms with Crippen molar-refractivity contribution in [3.05, 3.63) is 11.6 Å². The molecular formula is C19H33N7O. The molecule has 0 saturated carbocycles. The fourth-order valence-electron chi connectivity index (χ4n) is 3.95. The van der Waals surface area contributed by atoms with Crippen LogP contribution in [0.15, 0.2) is 4.99 Å². The van der Waals surface area contributed by atoms with Crippen LogP contribution in [-0.4, -0.2) is 58.2 Å². The number of nitrogens with one attached hydrogen (secondary N) is 2. The molecule has 0 spiro atoms. The summed E-state index contributed by atoms with van der Waals surface area (Å²) in [6.45, 7) is 6.38. The highest BCUT2D eigenvalue weighted by Crippen LogP contribution is 2.21. The summed E-state index contributed by atoms with van der Waals surface area (Å²) < 4.78 is 2.26. The molecule has 8 nitrogen and oxygen atoms in total. The Morgan fingerprint density at radius 2 is 2.00 bits per heavy atom. The van der Waals surface area contributed by atoms with Crippen LogP contribution in [0.4, 0.5) is 0 Å². The van der Waals surface area contributed by atoms with E-state index in [0.717, 1.165) is 63.0 Å². The molecule has 0 atom stereocenters. The first kappa shape index (κ1) is 19.6. The average Bonchev–Trinajstić information content (AvgIpc) is 2.92. The summed E-state index contributed by atoms with van der Waals surface area (Å²) in [5.41, 5.74) is 0. The maximum absolute atomic E-state index is 11.6. The SMILES string of the molecule is CCNC(=NCc1nnc2n1CCCCC2)N1CCC(CC(=O)NC)CC1. The number of aromatic nitrogens is 3. The number of carbonyl (C=O) groups excluding carboxylic acids is 1. The second-order valence-electron chi connectivity index (χ2n) is 7.47. The Morgan fingerprint density at radius 1 is 1.19 bits per heavy atom. The standard InChI is InChI=1S/C19H33N7O/c1-3-21-19(25-11-8-15(9-12-25)13-18(27)20-2)22-14-17-24-23-16-7-5-4-6-10-26(16)17/h15H,3-14H2,1-2H3,(H,20,27)(H,21,22). The van der Waals surface area contributed by atoms with Gasteiger partial charge in [-0.05, 0) is 38.5 Å². The van der Waals surface area contributed by atoms with Crippen molar-refractivity contribution in [2.24, 2.45) is 10.9 Å². The molecule has 1 amide bonds. The first-order valence-electron chi connectivity index (χ1n) is 10.4. The molecule has 2 aliphatic heterocycles. The third kappa shape index (κ3) is 5.20. The van der Waals surface area contributed by atoms with E-state index in [4.69, 9.17) is 4.99 Å². The van der Waals surface area contributed by atoms with Crippen molar-refractivity contribution < 1.29 is 4.79 Å². The van der Waals surface area contributed by atoms with Gasteiger partial charge < -0.3 is 20.1 Å². The molecule has 150 valence electrons. The first-order valence-corrected chi connectivity index (χ1v) is 10.4. The molecule has 8 heteroatoms. The van der Waals surface area contributed by atoms with E-state index >= 15 is 0 Å². The molecule has 3 rings (SSSR count). The number of likely N-dealkylation sites (tertiary alicyclic amines) is 1. The maximum Gasteiger partial charge on any atom is 0.220 e. The maximum atomic E-state index is 11.6. The van der Waals surface area contributed by atoms with E-state index in [2.05, 4.69) is 37.2 Å². The second kappa shape index (κ2) is 9.71. The Bertz CT molecular complexity index is 646. The van der Waals surface area contributed by atoms with Crippen molar-refractivity contribution in [2.45, 2.75) is 65.0 Å². The van der Waals surface area contributed by atoms with Crippen LogP contribution in [0.5, 0.6) is 0 Å². The monoisotopic (exact) mass is 375 g/mol. The van der Waals surface area contributed by atoms with E-state index in [9.17, 15) is 4.79 Å². The minimum atomic E-state index is 0.140. The van der Waals surface area contributed by atoms with Gasteiger partial charge in [0.25, 0.3) is 0 Å². The normalized spacial score (nSPS) is 18.7. The molecule has 1 aromatic heterocycles.